The van der Waals surface area contributed by atoms with E-state index in [4.69, 9.17) is 0 Å². The monoisotopic (exact) mass is 349 g/mol. The van der Waals surface area contributed by atoms with Crippen LogP contribution in [-0.2, 0) is 6.42 Å². The average Bonchev–Trinajstić information content (AvgIpc) is 3.10. The molecule has 146 valence electrons. The number of aromatic nitrogens is 3. The van der Waals surface area contributed by atoms with Crippen LogP contribution >= 0.6 is 0 Å². The first-order valence-electron chi connectivity index (χ1n) is 11.2. The van der Waals surface area contributed by atoms with Gasteiger partial charge >= 0.3 is 0 Å². The summed E-state index contributed by atoms with van der Waals surface area (Å²) in [4.78, 5) is 0. The van der Waals surface area contributed by atoms with E-state index in [1.54, 1.807) is 0 Å². The Morgan fingerprint density at radius 2 is 1.24 bits per heavy atom. The van der Waals surface area contributed by atoms with Crippen molar-refractivity contribution in [1.82, 2.24) is 15.0 Å². The Hall–Kier alpha value is -0.860. The Morgan fingerprint density at radius 1 is 0.760 bits per heavy atom. The third kappa shape index (κ3) is 11.4. The van der Waals surface area contributed by atoms with Crippen LogP contribution in [0.25, 0.3) is 0 Å². The molecule has 1 atom stereocenters. The van der Waals surface area contributed by atoms with Crippen molar-refractivity contribution in [3.63, 3.8) is 0 Å². The molecular formula is C22H43N3. The van der Waals surface area contributed by atoms with Gasteiger partial charge in [-0.3, -0.25) is 0 Å². The lowest BCUT2D eigenvalue weighted by Crippen LogP contribution is -2.03. The fraction of sp³-hybridized carbons (Fsp3) is 0.909. The highest BCUT2D eigenvalue weighted by molar-refractivity contribution is 4.93. The fourth-order valence-electron chi connectivity index (χ4n) is 3.33. The van der Waals surface area contributed by atoms with Crippen LogP contribution in [-0.4, -0.2) is 15.0 Å². The fourth-order valence-corrected chi connectivity index (χ4v) is 3.33. The number of aryl methyl sites for hydroxylation is 1. The van der Waals surface area contributed by atoms with Crippen molar-refractivity contribution in [2.45, 2.75) is 130 Å². The van der Waals surface area contributed by atoms with Gasteiger partial charge in [-0.25, -0.2) is 4.68 Å². The highest BCUT2D eigenvalue weighted by atomic mass is 15.4. The minimum atomic E-state index is 0.470. The average molecular weight is 350 g/mol. The Balaban J connectivity index is 1.84. The summed E-state index contributed by atoms with van der Waals surface area (Å²) in [7, 11) is 0. The Bertz CT molecular complexity index is 400. The molecule has 0 saturated carbocycles. The molecule has 1 rings (SSSR count). The number of nitrogens with zero attached hydrogens (tertiary/aromatic N) is 3. The molecule has 0 fully saturated rings. The summed E-state index contributed by atoms with van der Waals surface area (Å²) in [6, 6.07) is 0.470. The van der Waals surface area contributed by atoms with E-state index < -0.39 is 0 Å². The molecule has 1 unspecified atom stereocenters. The minimum absolute atomic E-state index is 0.470. The summed E-state index contributed by atoms with van der Waals surface area (Å²) >= 11 is 0. The minimum Gasteiger partial charge on any atom is -0.250 e. The summed E-state index contributed by atoms with van der Waals surface area (Å²) in [5, 5.41) is 8.54. The van der Waals surface area contributed by atoms with Gasteiger partial charge in [0.15, 0.2) is 0 Å². The van der Waals surface area contributed by atoms with Gasteiger partial charge in [-0.15, -0.1) is 5.10 Å². The predicted molar refractivity (Wildman–Crippen MR) is 109 cm³/mol. The van der Waals surface area contributed by atoms with Crippen LogP contribution in [0.4, 0.5) is 0 Å². The first-order chi connectivity index (χ1) is 12.3. The predicted octanol–water partition coefficient (Wildman–Crippen LogP) is 7.27. The van der Waals surface area contributed by atoms with Crippen LogP contribution in [0, 0.1) is 0 Å². The summed E-state index contributed by atoms with van der Waals surface area (Å²) in [6.07, 6.45) is 24.1. The Morgan fingerprint density at radius 3 is 1.72 bits per heavy atom. The first-order valence-corrected chi connectivity index (χ1v) is 11.2. The van der Waals surface area contributed by atoms with E-state index in [-0.39, 0.29) is 0 Å². The molecule has 0 radical (unpaired) electrons. The number of hydrogen-bond donors (Lipinski definition) is 0. The number of hydrogen-bond acceptors (Lipinski definition) is 2. The summed E-state index contributed by atoms with van der Waals surface area (Å²) in [6.45, 7) is 6.68. The van der Waals surface area contributed by atoms with Crippen molar-refractivity contribution >= 4 is 0 Å². The van der Waals surface area contributed by atoms with Crippen molar-refractivity contribution in [3.8, 4) is 0 Å². The molecule has 0 bridgehead atoms. The van der Waals surface area contributed by atoms with Crippen LogP contribution in [0.15, 0.2) is 6.20 Å². The second-order valence-corrected chi connectivity index (χ2v) is 7.79. The molecule has 3 heteroatoms. The molecule has 0 N–H and O–H groups in total. The third-order valence-electron chi connectivity index (χ3n) is 5.39. The number of rotatable bonds is 17. The molecule has 0 aliphatic carbocycles. The van der Waals surface area contributed by atoms with E-state index in [0.29, 0.717) is 6.04 Å². The molecule has 3 nitrogen and oxygen atoms in total. The molecule has 0 saturated heterocycles. The van der Waals surface area contributed by atoms with E-state index in [0.717, 1.165) is 12.8 Å². The molecule has 1 aromatic rings. The van der Waals surface area contributed by atoms with Crippen molar-refractivity contribution in [2.24, 2.45) is 0 Å². The van der Waals surface area contributed by atoms with Crippen molar-refractivity contribution in [2.75, 3.05) is 0 Å². The van der Waals surface area contributed by atoms with Gasteiger partial charge in [-0.1, -0.05) is 103 Å². The molecule has 0 amide bonds. The van der Waals surface area contributed by atoms with Gasteiger partial charge in [0.05, 0.1) is 11.7 Å². The Labute approximate surface area is 157 Å². The van der Waals surface area contributed by atoms with Crippen LogP contribution < -0.4 is 0 Å². The smallest absolute Gasteiger partial charge is 0.0827 e. The zero-order valence-electron chi connectivity index (χ0n) is 17.3. The molecule has 1 aromatic heterocycles. The summed E-state index contributed by atoms with van der Waals surface area (Å²) in [5.74, 6) is 0. The van der Waals surface area contributed by atoms with Crippen LogP contribution in [0.5, 0.6) is 0 Å². The zero-order valence-corrected chi connectivity index (χ0v) is 17.3. The first kappa shape index (κ1) is 22.2. The van der Waals surface area contributed by atoms with Gasteiger partial charge in [-0.05, 0) is 26.2 Å². The van der Waals surface area contributed by atoms with Gasteiger partial charge in [0.1, 0.15) is 0 Å². The molecule has 0 aliphatic heterocycles. The van der Waals surface area contributed by atoms with Gasteiger partial charge in [-0.2, -0.15) is 0 Å². The maximum atomic E-state index is 4.30. The van der Waals surface area contributed by atoms with Crippen LogP contribution in [0.1, 0.15) is 129 Å². The third-order valence-corrected chi connectivity index (χ3v) is 5.39. The second-order valence-electron chi connectivity index (χ2n) is 7.79. The van der Waals surface area contributed by atoms with Crippen molar-refractivity contribution in [1.29, 1.82) is 0 Å². The molecule has 1 heterocycles. The van der Waals surface area contributed by atoms with Crippen LogP contribution in [0.3, 0.4) is 0 Å². The Kier molecular flexibility index (Phi) is 13.7. The number of unbranched alkanes of at least 4 members (excludes halogenated alkanes) is 13. The second kappa shape index (κ2) is 15.4. The molecule has 25 heavy (non-hydrogen) atoms. The van der Waals surface area contributed by atoms with E-state index in [9.17, 15) is 0 Å². The zero-order chi connectivity index (χ0) is 18.2. The van der Waals surface area contributed by atoms with E-state index >= 15 is 0 Å². The maximum absolute atomic E-state index is 4.30. The highest BCUT2D eigenvalue weighted by Crippen LogP contribution is 2.14. The van der Waals surface area contributed by atoms with Gasteiger partial charge in [0.2, 0.25) is 0 Å². The van der Waals surface area contributed by atoms with Crippen molar-refractivity contribution in [3.05, 3.63) is 11.9 Å². The normalized spacial score (nSPS) is 12.6. The van der Waals surface area contributed by atoms with Gasteiger partial charge in [0, 0.05) is 6.20 Å². The molecular weight excluding hydrogens is 306 g/mol. The topological polar surface area (TPSA) is 30.7 Å². The quantitative estimate of drug-likeness (QED) is 0.277. The molecule has 0 spiro atoms. The SMILES string of the molecule is CCCCCCCCCCCCCCCCc1cn(C(C)CC)nn1. The van der Waals surface area contributed by atoms with E-state index in [1.165, 1.54) is 95.6 Å². The summed E-state index contributed by atoms with van der Waals surface area (Å²) in [5.41, 5.74) is 1.17. The van der Waals surface area contributed by atoms with E-state index in [1.807, 2.05) is 4.68 Å². The maximum Gasteiger partial charge on any atom is 0.0827 e. The lowest BCUT2D eigenvalue weighted by Gasteiger charge is -2.06. The lowest BCUT2D eigenvalue weighted by molar-refractivity contribution is 0.464. The largest absolute Gasteiger partial charge is 0.250 e. The summed E-state index contributed by atoms with van der Waals surface area (Å²) < 4.78 is 2.01. The standard InChI is InChI=1S/C22H43N3/c1-4-6-7-8-9-10-11-12-13-14-15-16-17-18-19-22-20-25(24-23-22)21(3)5-2/h20-21H,4-19H2,1-3H3. The van der Waals surface area contributed by atoms with E-state index in [2.05, 4.69) is 37.3 Å². The van der Waals surface area contributed by atoms with Gasteiger partial charge < -0.3 is 0 Å². The highest BCUT2D eigenvalue weighted by Gasteiger charge is 2.05. The molecule has 0 aliphatic rings. The van der Waals surface area contributed by atoms with Gasteiger partial charge in [0.25, 0.3) is 0 Å². The molecule has 0 aromatic carbocycles. The lowest BCUT2D eigenvalue weighted by atomic mass is 10.0. The van der Waals surface area contributed by atoms with Crippen LogP contribution in [0.2, 0.25) is 0 Å². The van der Waals surface area contributed by atoms with Crippen molar-refractivity contribution < 1.29 is 0 Å².